The van der Waals surface area contributed by atoms with Crippen molar-refractivity contribution in [2.45, 2.75) is 50.0 Å². The highest BCUT2D eigenvalue weighted by Gasteiger charge is 2.30. The molecule has 0 aliphatic heterocycles. The van der Waals surface area contributed by atoms with Crippen molar-refractivity contribution in [1.29, 1.82) is 0 Å². The first-order valence-corrected chi connectivity index (χ1v) is 15.1. The number of nitrogens with one attached hydrogen (secondary N) is 5. The van der Waals surface area contributed by atoms with Crippen LogP contribution >= 0.6 is 36.2 Å². The molecule has 5 atom stereocenters. The molecule has 218 valence electrons. The van der Waals surface area contributed by atoms with Gasteiger partial charge in [0.2, 0.25) is 35.4 Å². The van der Waals surface area contributed by atoms with Crippen LogP contribution in [0, 0.1) is 0 Å². The van der Waals surface area contributed by atoms with Crippen molar-refractivity contribution >= 4 is 71.6 Å². The number of carbonyl (C=O) groups excluding carboxylic acids is 6. The van der Waals surface area contributed by atoms with E-state index in [0.29, 0.717) is 11.5 Å². The highest BCUT2D eigenvalue weighted by molar-refractivity contribution is 7.98. The molecule has 0 saturated heterocycles. The van der Waals surface area contributed by atoms with Gasteiger partial charge in [0.05, 0.1) is 19.2 Å². The summed E-state index contributed by atoms with van der Waals surface area (Å²) in [5, 5.41) is 21.7. The Morgan fingerprint density at radius 2 is 1.24 bits per heavy atom. The first-order chi connectivity index (χ1) is 17.9. The predicted molar refractivity (Wildman–Crippen MR) is 151 cm³/mol. The zero-order valence-corrected chi connectivity index (χ0v) is 24.2. The van der Waals surface area contributed by atoms with E-state index in [1.807, 2.05) is 6.26 Å². The Labute approximate surface area is 236 Å². The molecule has 0 bridgehead atoms. The van der Waals surface area contributed by atoms with Crippen LogP contribution < -0.4 is 38.1 Å². The van der Waals surface area contributed by atoms with E-state index in [9.17, 15) is 33.9 Å². The van der Waals surface area contributed by atoms with Gasteiger partial charge in [0.1, 0.15) is 24.2 Å². The lowest BCUT2D eigenvalue weighted by molar-refractivity contribution is -0.134. The summed E-state index contributed by atoms with van der Waals surface area (Å²) >= 11 is 6.86. The van der Waals surface area contributed by atoms with E-state index >= 15 is 0 Å². The second-order valence-corrected chi connectivity index (χ2v) is 10.5. The number of carbonyl (C=O) groups is 6. The van der Waals surface area contributed by atoms with E-state index in [4.69, 9.17) is 11.5 Å². The molecule has 0 rings (SSSR count). The summed E-state index contributed by atoms with van der Waals surface area (Å²) in [6.45, 7) is 0.195. The van der Waals surface area contributed by atoms with Crippen molar-refractivity contribution < 1.29 is 33.9 Å². The van der Waals surface area contributed by atoms with Gasteiger partial charge in [0.25, 0.3) is 0 Å². The Bertz CT molecular complexity index is 820. The number of thiol groups is 1. The lowest BCUT2D eigenvalue weighted by Gasteiger charge is -2.25. The number of rotatable bonds is 19. The molecule has 0 aliphatic rings. The van der Waals surface area contributed by atoms with Crippen LogP contribution in [-0.4, -0.2) is 114 Å². The molecule has 0 radical (unpaired) electrons. The number of amides is 6. The maximum Gasteiger partial charge on any atom is 0.245 e. The number of aliphatic hydroxyl groups excluding tert-OH is 1. The molecule has 0 aliphatic carbocycles. The second kappa shape index (κ2) is 19.8. The number of aliphatic hydroxyl groups is 1. The quantitative estimate of drug-likeness (QED) is 0.0661. The molecule has 0 aromatic heterocycles. The minimum Gasteiger partial charge on any atom is -0.394 e. The van der Waals surface area contributed by atoms with E-state index < -0.39 is 78.8 Å². The molecule has 14 nitrogen and oxygen atoms in total. The van der Waals surface area contributed by atoms with Crippen molar-refractivity contribution in [1.82, 2.24) is 26.6 Å². The highest BCUT2D eigenvalue weighted by Crippen LogP contribution is 2.06. The van der Waals surface area contributed by atoms with Crippen molar-refractivity contribution in [2.24, 2.45) is 11.5 Å². The van der Waals surface area contributed by atoms with Crippen molar-refractivity contribution in [3.05, 3.63) is 0 Å². The standard InChI is InChI=1S/C21H39N7O7S3/c1-11(22)18(32)24-8-16(30)25-14(9-29)21(35)27-12(4-6-37-2)19(33)26-13(5-7-38-3)20(34)28-15(10-36)17(23)31/h11-15,29,36H,4-10,22H2,1-3H3,(H2,23,31)(H,24,32)(H,25,30)(H,26,33)(H,27,35)(H,28,34)/t11-,12-,13-,14-,15-/m0/s1. The fourth-order valence-electron chi connectivity index (χ4n) is 2.80. The molecule has 38 heavy (non-hydrogen) atoms. The van der Waals surface area contributed by atoms with Gasteiger partial charge in [-0.15, -0.1) is 0 Å². The molecule has 0 aromatic carbocycles. The van der Waals surface area contributed by atoms with Gasteiger partial charge in [-0.05, 0) is 43.8 Å². The molecule has 10 N–H and O–H groups in total. The number of nitrogens with two attached hydrogens (primary N) is 2. The SMILES string of the molecule is CSCC[C@H](NC(=O)[C@H](CCSC)NC(=O)[C@H](CO)NC(=O)CNC(=O)[C@H](C)N)C(=O)N[C@@H](CS)C(N)=O. The Hall–Kier alpha value is -2.21. The first-order valence-electron chi connectivity index (χ1n) is 11.6. The summed E-state index contributed by atoms with van der Waals surface area (Å²) < 4.78 is 0. The monoisotopic (exact) mass is 597 g/mol. The zero-order valence-electron chi connectivity index (χ0n) is 21.7. The van der Waals surface area contributed by atoms with Crippen LogP contribution in [0.2, 0.25) is 0 Å². The van der Waals surface area contributed by atoms with Crippen LogP contribution in [0.1, 0.15) is 19.8 Å². The van der Waals surface area contributed by atoms with Crippen LogP contribution in [0.5, 0.6) is 0 Å². The Kier molecular flexibility index (Phi) is 18.6. The largest absolute Gasteiger partial charge is 0.394 e. The molecule has 0 unspecified atom stereocenters. The third kappa shape index (κ3) is 14.1. The third-order valence-electron chi connectivity index (χ3n) is 5.00. The van der Waals surface area contributed by atoms with Crippen molar-refractivity contribution in [3.63, 3.8) is 0 Å². The topological polar surface area (TPSA) is 235 Å². The van der Waals surface area contributed by atoms with Gasteiger partial charge in [0, 0.05) is 5.75 Å². The summed E-state index contributed by atoms with van der Waals surface area (Å²) in [5.74, 6) is -3.27. The van der Waals surface area contributed by atoms with E-state index in [1.165, 1.54) is 30.4 Å². The van der Waals surface area contributed by atoms with E-state index in [-0.39, 0.29) is 18.6 Å². The summed E-state index contributed by atoms with van der Waals surface area (Å²) in [6, 6.07) is -5.39. The summed E-state index contributed by atoms with van der Waals surface area (Å²) in [7, 11) is 0. The molecule has 6 amide bonds. The molecular weight excluding hydrogens is 558 g/mol. The van der Waals surface area contributed by atoms with Gasteiger partial charge in [-0.3, -0.25) is 28.8 Å². The van der Waals surface area contributed by atoms with Crippen LogP contribution in [0.4, 0.5) is 0 Å². The molecule has 0 aromatic rings. The molecule has 0 heterocycles. The van der Waals surface area contributed by atoms with Crippen LogP contribution in [0.3, 0.4) is 0 Å². The minimum absolute atomic E-state index is 0.0279. The molecular formula is C21H39N7O7S3. The van der Waals surface area contributed by atoms with Crippen LogP contribution in [0.25, 0.3) is 0 Å². The van der Waals surface area contributed by atoms with Gasteiger partial charge in [-0.1, -0.05) is 0 Å². The maximum absolute atomic E-state index is 13.1. The minimum atomic E-state index is -1.40. The number of hydrogen-bond acceptors (Lipinski definition) is 11. The van der Waals surface area contributed by atoms with E-state index in [1.54, 1.807) is 6.26 Å². The predicted octanol–water partition coefficient (Wildman–Crippen LogP) is -3.70. The summed E-state index contributed by atoms with van der Waals surface area (Å²) in [6.07, 6.45) is 4.05. The summed E-state index contributed by atoms with van der Waals surface area (Å²) in [4.78, 5) is 73.7. The average molecular weight is 598 g/mol. The smallest absolute Gasteiger partial charge is 0.245 e. The molecule has 0 fully saturated rings. The Morgan fingerprint density at radius 3 is 1.61 bits per heavy atom. The average Bonchev–Trinajstić information content (AvgIpc) is 2.88. The Balaban J connectivity index is 5.42. The number of hydrogen-bond donors (Lipinski definition) is 9. The van der Waals surface area contributed by atoms with Crippen LogP contribution in [-0.2, 0) is 28.8 Å². The lowest BCUT2D eigenvalue weighted by Crippen LogP contribution is -2.59. The van der Waals surface area contributed by atoms with Gasteiger partial charge >= 0.3 is 0 Å². The Morgan fingerprint density at radius 1 is 0.789 bits per heavy atom. The van der Waals surface area contributed by atoms with Gasteiger partial charge in [-0.2, -0.15) is 36.2 Å². The van der Waals surface area contributed by atoms with Gasteiger partial charge < -0.3 is 43.2 Å². The third-order valence-corrected chi connectivity index (χ3v) is 6.65. The second-order valence-electron chi connectivity index (χ2n) is 8.14. The van der Waals surface area contributed by atoms with E-state index in [2.05, 4.69) is 39.2 Å². The fourth-order valence-corrected chi connectivity index (χ4v) is 4.01. The molecule has 17 heteroatoms. The van der Waals surface area contributed by atoms with Gasteiger partial charge in [0.15, 0.2) is 0 Å². The maximum atomic E-state index is 13.1. The molecule has 0 spiro atoms. The summed E-state index contributed by atoms with van der Waals surface area (Å²) in [5.41, 5.74) is 10.7. The lowest BCUT2D eigenvalue weighted by atomic mass is 10.1. The van der Waals surface area contributed by atoms with E-state index in [0.717, 1.165) is 0 Å². The normalized spacial score (nSPS) is 14.7. The number of primary amides is 1. The number of thioether (sulfide) groups is 2. The van der Waals surface area contributed by atoms with Gasteiger partial charge in [-0.25, -0.2) is 0 Å². The van der Waals surface area contributed by atoms with Crippen LogP contribution in [0.15, 0.2) is 0 Å². The first kappa shape index (κ1) is 35.8. The van der Waals surface area contributed by atoms with Crippen molar-refractivity contribution in [3.8, 4) is 0 Å². The zero-order chi connectivity index (χ0) is 29.3. The fraction of sp³-hybridized carbons (Fsp3) is 0.714. The van der Waals surface area contributed by atoms with Crippen molar-refractivity contribution in [2.75, 3.05) is 42.9 Å². The molecule has 0 saturated carbocycles. The highest BCUT2D eigenvalue weighted by atomic mass is 32.2.